The van der Waals surface area contributed by atoms with E-state index in [4.69, 9.17) is 4.74 Å². The van der Waals surface area contributed by atoms with E-state index < -0.39 is 0 Å². The van der Waals surface area contributed by atoms with E-state index in [1.807, 2.05) is 0 Å². The molecule has 0 saturated carbocycles. The smallest absolute Gasteiger partial charge is 0.309 e. The van der Waals surface area contributed by atoms with Crippen molar-refractivity contribution in [3.63, 3.8) is 0 Å². The van der Waals surface area contributed by atoms with E-state index in [-0.39, 0.29) is 11.9 Å². The van der Waals surface area contributed by atoms with Crippen molar-refractivity contribution >= 4 is 33.2 Å². The third kappa shape index (κ3) is 3.53. The van der Waals surface area contributed by atoms with Gasteiger partial charge in [-0.25, -0.2) is 0 Å². The molecule has 2 heterocycles. The van der Waals surface area contributed by atoms with Gasteiger partial charge in [0.15, 0.2) is 0 Å². The van der Waals surface area contributed by atoms with Crippen LogP contribution in [-0.2, 0) is 16.1 Å². The molecule has 1 aliphatic heterocycles. The number of likely N-dealkylation sites (tertiary alicyclic amines) is 1. The van der Waals surface area contributed by atoms with Gasteiger partial charge in [-0.2, -0.15) is 0 Å². The van der Waals surface area contributed by atoms with Gasteiger partial charge in [-0.05, 0) is 41.4 Å². The largest absolute Gasteiger partial charge is 0.469 e. The Hall–Kier alpha value is -0.390. The fourth-order valence-electron chi connectivity index (χ4n) is 2.22. The van der Waals surface area contributed by atoms with Crippen molar-refractivity contribution in [1.29, 1.82) is 0 Å². The lowest BCUT2D eigenvalue weighted by Gasteiger charge is -2.30. The molecule has 17 heavy (non-hydrogen) atoms. The molecule has 1 aromatic rings. The second kappa shape index (κ2) is 5.98. The maximum atomic E-state index is 11.5. The molecule has 3 nitrogen and oxygen atoms in total. The quantitative estimate of drug-likeness (QED) is 0.803. The minimum absolute atomic E-state index is 0.0529. The van der Waals surface area contributed by atoms with Crippen LogP contribution in [-0.4, -0.2) is 31.1 Å². The lowest BCUT2D eigenvalue weighted by Crippen LogP contribution is -2.38. The van der Waals surface area contributed by atoms with Gasteiger partial charge in [0.25, 0.3) is 0 Å². The van der Waals surface area contributed by atoms with Crippen LogP contribution in [0.4, 0.5) is 0 Å². The second-order valence-corrected chi connectivity index (χ2v) is 6.24. The highest BCUT2D eigenvalue weighted by Gasteiger charge is 2.26. The SMILES string of the molecule is COC(=O)C1CCCN(Cc2cc(Br)cs2)C1. The van der Waals surface area contributed by atoms with Crippen LogP contribution >= 0.6 is 27.3 Å². The van der Waals surface area contributed by atoms with E-state index in [9.17, 15) is 4.79 Å². The van der Waals surface area contributed by atoms with Crippen molar-refractivity contribution in [2.24, 2.45) is 5.92 Å². The summed E-state index contributed by atoms with van der Waals surface area (Å²) < 4.78 is 5.96. The highest BCUT2D eigenvalue weighted by Crippen LogP contribution is 2.24. The lowest BCUT2D eigenvalue weighted by molar-refractivity contribution is -0.147. The summed E-state index contributed by atoms with van der Waals surface area (Å²) in [7, 11) is 1.47. The standard InChI is InChI=1S/C12H16BrNO2S/c1-16-12(15)9-3-2-4-14(6-9)7-11-5-10(13)8-17-11/h5,8-9H,2-4,6-7H2,1H3. The van der Waals surface area contributed by atoms with Crippen molar-refractivity contribution in [3.8, 4) is 0 Å². The maximum Gasteiger partial charge on any atom is 0.309 e. The van der Waals surface area contributed by atoms with Crippen LogP contribution in [0.1, 0.15) is 17.7 Å². The Morgan fingerprint density at radius 1 is 1.71 bits per heavy atom. The third-order valence-corrected chi connectivity index (χ3v) is 4.72. The van der Waals surface area contributed by atoms with Crippen LogP contribution in [0.2, 0.25) is 0 Å². The Morgan fingerprint density at radius 3 is 3.18 bits per heavy atom. The van der Waals surface area contributed by atoms with Gasteiger partial charge in [-0.1, -0.05) is 0 Å². The van der Waals surface area contributed by atoms with E-state index in [1.165, 1.54) is 12.0 Å². The molecule has 1 aromatic heterocycles. The third-order valence-electron chi connectivity index (χ3n) is 3.04. The van der Waals surface area contributed by atoms with Gasteiger partial charge in [0.1, 0.15) is 0 Å². The zero-order valence-electron chi connectivity index (χ0n) is 9.82. The molecule has 0 spiro atoms. The fourth-order valence-corrected chi connectivity index (χ4v) is 3.71. The fraction of sp³-hybridized carbons (Fsp3) is 0.583. The first-order valence-corrected chi connectivity index (χ1v) is 7.39. The Kier molecular flexibility index (Phi) is 4.59. The van der Waals surface area contributed by atoms with Crippen molar-refractivity contribution in [3.05, 3.63) is 20.8 Å². The minimum Gasteiger partial charge on any atom is -0.469 e. The zero-order chi connectivity index (χ0) is 12.3. The maximum absolute atomic E-state index is 11.5. The van der Waals surface area contributed by atoms with Crippen molar-refractivity contribution in [2.75, 3.05) is 20.2 Å². The van der Waals surface area contributed by atoms with Crippen molar-refractivity contribution < 1.29 is 9.53 Å². The van der Waals surface area contributed by atoms with Gasteiger partial charge in [-0.3, -0.25) is 9.69 Å². The molecule has 1 saturated heterocycles. The van der Waals surface area contributed by atoms with Gasteiger partial charge in [0.2, 0.25) is 0 Å². The molecule has 1 fully saturated rings. The molecule has 1 aliphatic rings. The topological polar surface area (TPSA) is 29.5 Å². The van der Waals surface area contributed by atoms with Crippen molar-refractivity contribution in [2.45, 2.75) is 19.4 Å². The van der Waals surface area contributed by atoms with E-state index >= 15 is 0 Å². The van der Waals surface area contributed by atoms with Crippen LogP contribution in [0, 0.1) is 5.92 Å². The van der Waals surface area contributed by atoms with Gasteiger partial charge in [0.05, 0.1) is 13.0 Å². The highest BCUT2D eigenvalue weighted by atomic mass is 79.9. The number of hydrogen-bond donors (Lipinski definition) is 0. The molecule has 1 atom stereocenters. The number of carbonyl (C=O) groups is 1. The van der Waals surface area contributed by atoms with Gasteiger partial charge < -0.3 is 4.74 Å². The van der Waals surface area contributed by atoms with Crippen LogP contribution in [0.3, 0.4) is 0 Å². The Labute approximate surface area is 114 Å². The van der Waals surface area contributed by atoms with Crippen LogP contribution in [0.5, 0.6) is 0 Å². The van der Waals surface area contributed by atoms with Crippen molar-refractivity contribution in [1.82, 2.24) is 4.90 Å². The van der Waals surface area contributed by atoms with Crippen LogP contribution in [0.25, 0.3) is 0 Å². The van der Waals surface area contributed by atoms with Crippen LogP contribution in [0.15, 0.2) is 15.9 Å². The number of piperidine rings is 1. The Bertz CT molecular complexity index is 394. The summed E-state index contributed by atoms with van der Waals surface area (Å²) in [6, 6.07) is 2.15. The monoisotopic (exact) mass is 317 g/mol. The number of ether oxygens (including phenoxy) is 1. The van der Waals surface area contributed by atoms with E-state index in [0.717, 1.165) is 36.9 Å². The average Bonchev–Trinajstić information content (AvgIpc) is 2.74. The molecule has 94 valence electrons. The zero-order valence-corrected chi connectivity index (χ0v) is 12.2. The molecule has 0 radical (unpaired) electrons. The van der Waals surface area contributed by atoms with Gasteiger partial charge in [0, 0.05) is 27.8 Å². The molecular weight excluding hydrogens is 302 g/mol. The number of nitrogens with zero attached hydrogens (tertiary/aromatic N) is 1. The predicted octanol–water partition coefficient (Wildman–Crippen LogP) is 2.90. The summed E-state index contributed by atoms with van der Waals surface area (Å²) >= 11 is 5.21. The summed E-state index contributed by atoms with van der Waals surface area (Å²) in [5.74, 6) is -0.0146. The molecule has 0 aliphatic carbocycles. The summed E-state index contributed by atoms with van der Waals surface area (Å²) in [5, 5.41) is 2.09. The summed E-state index contributed by atoms with van der Waals surface area (Å²) in [6.45, 7) is 2.83. The molecule has 1 unspecified atom stereocenters. The summed E-state index contributed by atoms with van der Waals surface area (Å²) in [4.78, 5) is 15.2. The molecule has 0 bridgehead atoms. The number of hydrogen-bond acceptors (Lipinski definition) is 4. The van der Waals surface area contributed by atoms with E-state index in [2.05, 4.69) is 32.3 Å². The number of esters is 1. The first kappa shape index (κ1) is 13.1. The van der Waals surface area contributed by atoms with Crippen LogP contribution < -0.4 is 0 Å². The number of halogens is 1. The number of thiophene rings is 1. The number of rotatable bonds is 3. The van der Waals surface area contributed by atoms with E-state index in [1.54, 1.807) is 11.3 Å². The Balaban J connectivity index is 1.91. The second-order valence-electron chi connectivity index (χ2n) is 4.33. The molecular formula is C12H16BrNO2S. The minimum atomic E-state index is -0.0675. The van der Waals surface area contributed by atoms with E-state index in [0.29, 0.717) is 0 Å². The molecule has 0 aromatic carbocycles. The first-order chi connectivity index (χ1) is 8.19. The normalized spacial score (nSPS) is 21.4. The number of carbonyl (C=O) groups excluding carboxylic acids is 1. The summed E-state index contributed by atoms with van der Waals surface area (Å²) in [6.07, 6.45) is 2.03. The molecule has 2 rings (SSSR count). The highest BCUT2D eigenvalue weighted by molar-refractivity contribution is 9.10. The van der Waals surface area contributed by atoms with Gasteiger partial charge in [-0.15, -0.1) is 11.3 Å². The lowest BCUT2D eigenvalue weighted by atomic mass is 9.98. The molecule has 5 heteroatoms. The first-order valence-electron chi connectivity index (χ1n) is 5.72. The predicted molar refractivity (Wildman–Crippen MR) is 72.0 cm³/mol. The molecule has 0 amide bonds. The number of methoxy groups -OCH3 is 1. The summed E-state index contributed by atoms with van der Waals surface area (Å²) in [5.41, 5.74) is 0. The van der Waals surface area contributed by atoms with Gasteiger partial charge >= 0.3 is 5.97 Å². The average molecular weight is 318 g/mol. The molecule has 0 N–H and O–H groups in total. The Morgan fingerprint density at radius 2 is 2.53 bits per heavy atom.